The van der Waals surface area contributed by atoms with Gasteiger partial charge in [0.15, 0.2) is 6.61 Å². The van der Waals surface area contributed by atoms with E-state index in [1.807, 2.05) is 61.5 Å². The Labute approximate surface area is 152 Å². The highest BCUT2D eigenvalue weighted by atomic mass is 16.5. The van der Waals surface area contributed by atoms with E-state index < -0.39 is 5.97 Å². The van der Waals surface area contributed by atoms with Crippen molar-refractivity contribution in [1.29, 1.82) is 0 Å². The highest BCUT2D eigenvalue weighted by Gasteiger charge is 2.12. The Morgan fingerprint density at radius 1 is 1.08 bits per heavy atom. The minimum absolute atomic E-state index is 0.137. The topological polar surface area (TPSA) is 71.2 Å². The van der Waals surface area contributed by atoms with Crippen molar-refractivity contribution in [2.45, 2.75) is 19.3 Å². The summed E-state index contributed by atoms with van der Waals surface area (Å²) in [6, 6.07) is 17.7. The van der Waals surface area contributed by atoms with Gasteiger partial charge < -0.3 is 15.0 Å². The molecule has 0 bridgehead atoms. The minimum atomic E-state index is -0.416. The number of H-pyrrole nitrogens is 1. The second-order valence-corrected chi connectivity index (χ2v) is 6.31. The van der Waals surface area contributed by atoms with Gasteiger partial charge in [0.25, 0.3) is 5.91 Å². The van der Waals surface area contributed by atoms with E-state index in [-0.39, 0.29) is 24.9 Å². The SMILES string of the molecule is C[C@H](CNC(=O)COC(=O)Cc1c[nH]c2ccccc12)c1ccccc1. The van der Waals surface area contributed by atoms with Crippen molar-refractivity contribution in [3.63, 3.8) is 0 Å². The van der Waals surface area contributed by atoms with Gasteiger partial charge in [-0.15, -0.1) is 0 Å². The van der Waals surface area contributed by atoms with Gasteiger partial charge in [-0.2, -0.15) is 0 Å². The molecule has 0 aliphatic carbocycles. The summed E-state index contributed by atoms with van der Waals surface area (Å²) in [7, 11) is 0. The number of rotatable bonds is 7. The van der Waals surface area contributed by atoms with Gasteiger partial charge in [0, 0.05) is 23.6 Å². The molecule has 2 aromatic carbocycles. The largest absolute Gasteiger partial charge is 0.455 e. The molecule has 1 atom stereocenters. The Kier molecular flexibility index (Phi) is 5.69. The van der Waals surface area contributed by atoms with Crippen LogP contribution in [-0.2, 0) is 20.7 Å². The molecule has 5 heteroatoms. The molecule has 1 amide bonds. The van der Waals surface area contributed by atoms with Crippen LogP contribution in [0.3, 0.4) is 0 Å². The molecule has 2 N–H and O–H groups in total. The highest BCUT2D eigenvalue weighted by Crippen LogP contribution is 2.18. The van der Waals surface area contributed by atoms with E-state index in [4.69, 9.17) is 4.74 Å². The number of amides is 1. The summed E-state index contributed by atoms with van der Waals surface area (Å²) in [5.74, 6) is -0.511. The average Bonchev–Trinajstić information content (AvgIpc) is 3.08. The zero-order valence-corrected chi connectivity index (χ0v) is 14.7. The predicted molar refractivity (Wildman–Crippen MR) is 101 cm³/mol. The van der Waals surface area contributed by atoms with Crippen LogP contribution in [0.25, 0.3) is 10.9 Å². The van der Waals surface area contributed by atoms with Gasteiger partial charge in [0.1, 0.15) is 0 Å². The molecule has 5 nitrogen and oxygen atoms in total. The number of benzene rings is 2. The molecule has 3 rings (SSSR count). The molecule has 26 heavy (non-hydrogen) atoms. The van der Waals surface area contributed by atoms with Crippen molar-refractivity contribution in [2.75, 3.05) is 13.2 Å². The van der Waals surface area contributed by atoms with Gasteiger partial charge >= 0.3 is 5.97 Å². The van der Waals surface area contributed by atoms with Crippen molar-refractivity contribution in [2.24, 2.45) is 0 Å². The first kappa shape index (κ1) is 17.7. The molecule has 0 unspecified atom stereocenters. The van der Waals surface area contributed by atoms with Gasteiger partial charge in [-0.05, 0) is 23.1 Å². The van der Waals surface area contributed by atoms with E-state index in [1.165, 1.54) is 0 Å². The van der Waals surface area contributed by atoms with Crippen molar-refractivity contribution in [1.82, 2.24) is 10.3 Å². The molecular formula is C21H22N2O3. The van der Waals surface area contributed by atoms with Crippen molar-refractivity contribution >= 4 is 22.8 Å². The molecular weight excluding hydrogens is 328 g/mol. The summed E-state index contributed by atoms with van der Waals surface area (Å²) in [6.45, 7) is 2.28. The maximum absolute atomic E-state index is 12.0. The number of aromatic nitrogens is 1. The van der Waals surface area contributed by atoms with Crippen LogP contribution in [0.15, 0.2) is 60.8 Å². The number of para-hydroxylation sites is 1. The smallest absolute Gasteiger partial charge is 0.310 e. The second-order valence-electron chi connectivity index (χ2n) is 6.31. The summed E-state index contributed by atoms with van der Waals surface area (Å²) in [6.07, 6.45) is 1.94. The van der Waals surface area contributed by atoms with Crippen LogP contribution in [0.1, 0.15) is 24.0 Å². The summed E-state index contributed by atoms with van der Waals surface area (Å²) < 4.78 is 5.10. The molecule has 1 aromatic heterocycles. The summed E-state index contributed by atoms with van der Waals surface area (Å²) in [5.41, 5.74) is 3.00. The van der Waals surface area contributed by atoms with Crippen molar-refractivity contribution < 1.29 is 14.3 Å². The molecule has 0 saturated heterocycles. The first-order valence-electron chi connectivity index (χ1n) is 8.65. The Morgan fingerprint density at radius 2 is 1.81 bits per heavy atom. The Hall–Kier alpha value is -3.08. The monoisotopic (exact) mass is 350 g/mol. The van der Waals surface area contributed by atoms with Crippen LogP contribution in [-0.4, -0.2) is 30.0 Å². The van der Waals surface area contributed by atoms with Gasteiger partial charge in [-0.25, -0.2) is 0 Å². The van der Waals surface area contributed by atoms with E-state index in [9.17, 15) is 9.59 Å². The number of ether oxygens (including phenoxy) is 1. The molecule has 0 spiro atoms. The molecule has 0 aliphatic heterocycles. The Morgan fingerprint density at radius 3 is 2.62 bits per heavy atom. The maximum Gasteiger partial charge on any atom is 0.310 e. The van der Waals surface area contributed by atoms with Crippen LogP contribution in [0, 0.1) is 0 Å². The van der Waals surface area contributed by atoms with Crippen molar-refractivity contribution in [3.05, 3.63) is 71.9 Å². The number of carbonyl (C=O) groups excluding carboxylic acids is 2. The summed E-state index contributed by atoms with van der Waals surface area (Å²) in [5, 5.41) is 3.79. The number of hydrogen-bond donors (Lipinski definition) is 2. The molecule has 1 heterocycles. The first-order valence-corrected chi connectivity index (χ1v) is 8.65. The lowest BCUT2D eigenvalue weighted by atomic mass is 10.0. The third-order valence-electron chi connectivity index (χ3n) is 4.35. The Balaban J connectivity index is 1.43. The minimum Gasteiger partial charge on any atom is -0.455 e. The first-order chi connectivity index (χ1) is 12.6. The van der Waals surface area contributed by atoms with Gasteiger partial charge in [-0.1, -0.05) is 55.5 Å². The van der Waals surface area contributed by atoms with Gasteiger partial charge in [-0.3, -0.25) is 9.59 Å². The van der Waals surface area contributed by atoms with E-state index in [2.05, 4.69) is 10.3 Å². The zero-order chi connectivity index (χ0) is 18.4. The molecule has 0 aliphatic rings. The fraction of sp³-hybridized carbons (Fsp3) is 0.238. The third kappa shape index (κ3) is 4.51. The van der Waals surface area contributed by atoms with Gasteiger partial charge in [0.05, 0.1) is 6.42 Å². The number of fused-ring (bicyclic) bond motifs is 1. The fourth-order valence-electron chi connectivity index (χ4n) is 2.85. The van der Waals surface area contributed by atoms with Crippen LogP contribution in [0.4, 0.5) is 0 Å². The average molecular weight is 350 g/mol. The number of carbonyl (C=O) groups is 2. The lowest BCUT2D eigenvalue weighted by Crippen LogP contribution is -2.31. The second kappa shape index (κ2) is 8.34. The van der Waals surface area contributed by atoms with E-state index in [0.29, 0.717) is 6.54 Å². The summed E-state index contributed by atoms with van der Waals surface area (Å²) >= 11 is 0. The zero-order valence-electron chi connectivity index (χ0n) is 14.7. The number of hydrogen-bond acceptors (Lipinski definition) is 3. The lowest BCUT2D eigenvalue weighted by Gasteiger charge is -2.13. The highest BCUT2D eigenvalue weighted by molar-refractivity contribution is 5.88. The summed E-state index contributed by atoms with van der Waals surface area (Å²) in [4.78, 5) is 27.0. The van der Waals surface area contributed by atoms with Gasteiger partial charge in [0.2, 0.25) is 0 Å². The molecule has 3 aromatic rings. The Bertz CT molecular complexity index is 886. The van der Waals surface area contributed by atoms with Crippen LogP contribution in [0.2, 0.25) is 0 Å². The van der Waals surface area contributed by atoms with Crippen LogP contribution >= 0.6 is 0 Å². The molecule has 0 saturated carbocycles. The standard InChI is InChI=1S/C21H22N2O3/c1-15(16-7-3-2-4-8-16)12-23-20(24)14-26-21(25)11-17-13-22-19-10-6-5-9-18(17)19/h2-10,13,15,22H,11-12,14H2,1H3,(H,23,24)/t15-/m1/s1. The van der Waals surface area contributed by atoms with E-state index in [0.717, 1.165) is 22.0 Å². The fourth-order valence-corrected chi connectivity index (χ4v) is 2.85. The van der Waals surface area contributed by atoms with Crippen LogP contribution in [0.5, 0.6) is 0 Å². The molecule has 0 radical (unpaired) electrons. The number of nitrogens with one attached hydrogen (secondary N) is 2. The maximum atomic E-state index is 12.0. The quantitative estimate of drug-likeness (QED) is 0.643. The normalized spacial score (nSPS) is 11.9. The molecule has 0 fully saturated rings. The van der Waals surface area contributed by atoms with Crippen LogP contribution < -0.4 is 5.32 Å². The van der Waals surface area contributed by atoms with E-state index in [1.54, 1.807) is 6.20 Å². The van der Waals surface area contributed by atoms with E-state index >= 15 is 0 Å². The van der Waals surface area contributed by atoms with Crippen molar-refractivity contribution in [3.8, 4) is 0 Å². The molecule has 134 valence electrons. The number of aromatic amines is 1. The predicted octanol–water partition coefficient (Wildman–Crippen LogP) is 3.17. The number of esters is 1. The lowest BCUT2D eigenvalue weighted by molar-refractivity contribution is -0.147. The third-order valence-corrected chi connectivity index (χ3v) is 4.35.